The van der Waals surface area contributed by atoms with Gasteiger partial charge in [0.25, 0.3) is 5.91 Å². The van der Waals surface area contributed by atoms with Crippen molar-refractivity contribution in [1.82, 2.24) is 19.8 Å². The minimum atomic E-state index is -0.261. The molecular weight excluding hydrogens is 342 g/mol. The van der Waals surface area contributed by atoms with Crippen LogP contribution in [0.3, 0.4) is 0 Å². The molecule has 0 aliphatic rings. The monoisotopic (exact) mass is 357 g/mol. The number of fused-ring (bicyclic) bond motifs is 1. The summed E-state index contributed by atoms with van der Waals surface area (Å²) in [6.45, 7) is 3.64. The van der Waals surface area contributed by atoms with E-state index in [1.54, 1.807) is 29.8 Å². The predicted octanol–water partition coefficient (Wildman–Crippen LogP) is 3.23. The summed E-state index contributed by atoms with van der Waals surface area (Å²) >= 11 is 0. The van der Waals surface area contributed by atoms with Crippen molar-refractivity contribution in [3.05, 3.63) is 65.3 Å². The molecule has 1 aromatic carbocycles. The Morgan fingerprint density at radius 3 is 2.85 bits per heavy atom. The van der Waals surface area contributed by atoms with Crippen LogP contribution in [0.1, 0.15) is 27.4 Å². The Bertz CT molecular complexity index is 1210. The molecule has 4 aromatic rings. The maximum absolute atomic E-state index is 12.8. The van der Waals surface area contributed by atoms with Crippen molar-refractivity contribution < 1.29 is 9.32 Å². The van der Waals surface area contributed by atoms with Gasteiger partial charge in [0, 0.05) is 29.9 Å². The van der Waals surface area contributed by atoms with Crippen molar-refractivity contribution in [2.24, 2.45) is 0 Å². The zero-order valence-electron chi connectivity index (χ0n) is 14.7. The molecule has 7 heteroatoms. The molecule has 0 aliphatic carbocycles. The summed E-state index contributed by atoms with van der Waals surface area (Å²) in [5, 5.41) is 11.1. The first-order valence-corrected chi connectivity index (χ1v) is 8.22. The lowest BCUT2D eigenvalue weighted by Gasteiger charge is -2.09. The Balaban J connectivity index is 1.66. The van der Waals surface area contributed by atoms with Gasteiger partial charge in [-0.2, -0.15) is 10.1 Å². The number of aromatic nitrogens is 4. The lowest BCUT2D eigenvalue weighted by molar-refractivity contribution is 0.102. The second kappa shape index (κ2) is 6.42. The predicted molar refractivity (Wildman–Crippen MR) is 100 cm³/mol. The van der Waals surface area contributed by atoms with Crippen LogP contribution < -0.4 is 5.32 Å². The fourth-order valence-corrected chi connectivity index (χ4v) is 2.75. The van der Waals surface area contributed by atoms with Crippen LogP contribution >= 0.6 is 0 Å². The number of terminal acetylenes is 1. The third kappa shape index (κ3) is 3.04. The number of benzene rings is 1. The van der Waals surface area contributed by atoms with Gasteiger partial charge in [0.05, 0.1) is 17.3 Å². The molecule has 0 unspecified atom stereocenters. The zero-order chi connectivity index (χ0) is 19.0. The zero-order valence-corrected chi connectivity index (χ0v) is 14.7. The average molecular weight is 357 g/mol. The van der Waals surface area contributed by atoms with Crippen LogP contribution in [0, 0.1) is 26.2 Å². The lowest BCUT2D eigenvalue weighted by atomic mass is 10.1. The van der Waals surface area contributed by atoms with E-state index >= 15 is 0 Å². The van der Waals surface area contributed by atoms with E-state index in [1.807, 2.05) is 25.1 Å². The minimum Gasteiger partial charge on any atom is -0.339 e. The van der Waals surface area contributed by atoms with Crippen molar-refractivity contribution in [1.29, 1.82) is 0 Å². The number of amides is 1. The Kier molecular flexibility index (Phi) is 3.94. The molecule has 0 fully saturated rings. The highest BCUT2D eigenvalue weighted by molar-refractivity contribution is 6.09. The summed E-state index contributed by atoms with van der Waals surface area (Å²) < 4.78 is 6.62. The molecule has 3 aromatic heterocycles. The summed E-state index contributed by atoms with van der Waals surface area (Å²) in [5.74, 6) is 3.24. The lowest BCUT2D eigenvalue weighted by Crippen LogP contribution is -2.12. The highest BCUT2D eigenvalue weighted by atomic mass is 16.5. The van der Waals surface area contributed by atoms with Crippen LogP contribution in [0.25, 0.3) is 16.9 Å². The largest absolute Gasteiger partial charge is 0.339 e. The number of hydrogen-bond acceptors (Lipinski definition) is 5. The molecule has 0 bridgehead atoms. The molecule has 0 saturated carbocycles. The van der Waals surface area contributed by atoms with Gasteiger partial charge in [-0.1, -0.05) is 23.2 Å². The molecule has 1 amide bonds. The molecular formula is C20H15N5O2. The molecule has 0 atom stereocenters. The Labute approximate surface area is 155 Å². The summed E-state index contributed by atoms with van der Waals surface area (Å²) in [5.41, 5.74) is 4.16. The smallest absolute Gasteiger partial charge is 0.259 e. The van der Waals surface area contributed by atoms with E-state index in [0.29, 0.717) is 34.0 Å². The molecule has 0 spiro atoms. The van der Waals surface area contributed by atoms with Gasteiger partial charge in [-0.05, 0) is 30.7 Å². The van der Waals surface area contributed by atoms with Gasteiger partial charge in [-0.25, -0.2) is 4.52 Å². The molecule has 132 valence electrons. The number of nitrogens with zero attached hydrogens (tertiary/aromatic N) is 4. The van der Waals surface area contributed by atoms with E-state index in [-0.39, 0.29) is 5.91 Å². The van der Waals surface area contributed by atoms with Gasteiger partial charge >= 0.3 is 0 Å². The molecule has 4 rings (SSSR count). The third-order valence-corrected chi connectivity index (χ3v) is 4.20. The van der Waals surface area contributed by atoms with Crippen LogP contribution in [-0.4, -0.2) is 25.7 Å². The second-order valence-electron chi connectivity index (χ2n) is 6.07. The van der Waals surface area contributed by atoms with Gasteiger partial charge < -0.3 is 9.84 Å². The second-order valence-corrected chi connectivity index (χ2v) is 6.07. The first-order valence-electron chi connectivity index (χ1n) is 8.22. The van der Waals surface area contributed by atoms with E-state index in [4.69, 9.17) is 10.9 Å². The fraction of sp³-hybridized carbons (Fsp3) is 0.100. The Morgan fingerprint density at radius 2 is 2.11 bits per heavy atom. The molecule has 1 N–H and O–H groups in total. The SMILES string of the molecule is C#Cc1ccc2c(C(=O)Nc3cc(-c4noc(C)n4)ccc3C)cnn2c1. The molecule has 0 radical (unpaired) electrons. The van der Waals surface area contributed by atoms with Gasteiger partial charge in [0.15, 0.2) is 0 Å². The first kappa shape index (κ1) is 16.5. The van der Waals surface area contributed by atoms with Gasteiger partial charge in [0.1, 0.15) is 0 Å². The summed E-state index contributed by atoms with van der Waals surface area (Å²) in [7, 11) is 0. The molecule has 7 nitrogen and oxygen atoms in total. The maximum Gasteiger partial charge on any atom is 0.259 e. The first-order chi connectivity index (χ1) is 13.0. The average Bonchev–Trinajstić information content (AvgIpc) is 3.29. The number of aryl methyl sites for hydroxylation is 2. The quantitative estimate of drug-likeness (QED) is 0.569. The van der Waals surface area contributed by atoms with Crippen molar-refractivity contribution in [3.63, 3.8) is 0 Å². The van der Waals surface area contributed by atoms with E-state index < -0.39 is 0 Å². The Morgan fingerprint density at radius 1 is 1.26 bits per heavy atom. The molecule has 0 aliphatic heterocycles. The van der Waals surface area contributed by atoms with E-state index in [9.17, 15) is 4.79 Å². The van der Waals surface area contributed by atoms with Crippen molar-refractivity contribution >= 4 is 17.1 Å². The van der Waals surface area contributed by atoms with E-state index in [1.165, 1.54) is 6.20 Å². The number of carbonyl (C=O) groups is 1. The Hall–Kier alpha value is -3.92. The van der Waals surface area contributed by atoms with Gasteiger partial charge in [-0.3, -0.25) is 4.79 Å². The van der Waals surface area contributed by atoms with Crippen LogP contribution in [-0.2, 0) is 0 Å². The van der Waals surface area contributed by atoms with Crippen molar-refractivity contribution in [2.45, 2.75) is 13.8 Å². The summed E-state index contributed by atoms with van der Waals surface area (Å²) in [6, 6.07) is 9.15. The summed E-state index contributed by atoms with van der Waals surface area (Å²) in [6.07, 6.45) is 8.63. The van der Waals surface area contributed by atoms with Crippen molar-refractivity contribution in [2.75, 3.05) is 5.32 Å². The topological polar surface area (TPSA) is 85.3 Å². The number of nitrogens with one attached hydrogen (secondary N) is 1. The van der Waals surface area contributed by atoms with Gasteiger partial charge in [-0.15, -0.1) is 6.42 Å². The standard InChI is InChI=1S/C20H15N5O2/c1-4-14-6-8-18-16(10-21-25(18)11-14)20(26)23-17-9-15(7-5-12(17)2)19-22-13(3)27-24-19/h1,5-11H,2-3H3,(H,23,26). The van der Waals surface area contributed by atoms with Crippen LogP contribution in [0.15, 0.2) is 47.2 Å². The number of pyridine rings is 1. The number of anilines is 1. The highest BCUT2D eigenvalue weighted by Crippen LogP contribution is 2.24. The normalized spacial score (nSPS) is 10.7. The summed E-state index contributed by atoms with van der Waals surface area (Å²) in [4.78, 5) is 17.0. The molecule has 3 heterocycles. The van der Waals surface area contributed by atoms with E-state index in [0.717, 1.165) is 11.1 Å². The molecule has 0 saturated heterocycles. The number of hydrogen-bond donors (Lipinski definition) is 1. The van der Waals surface area contributed by atoms with E-state index in [2.05, 4.69) is 26.5 Å². The van der Waals surface area contributed by atoms with Crippen molar-refractivity contribution in [3.8, 4) is 23.7 Å². The number of rotatable bonds is 3. The van der Waals surface area contributed by atoms with Crippen LogP contribution in [0.4, 0.5) is 5.69 Å². The third-order valence-electron chi connectivity index (χ3n) is 4.20. The van der Waals surface area contributed by atoms with Crippen LogP contribution in [0.2, 0.25) is 0 Å². The highest BCUT2D eigenvalue weighted by Gasteiger charge is 2.15. The molecule has 27 heavy (non-hydrogen) atoms. The fourth-order valence-electron chi connectivity index (χ4n) is 2.75. The number of carbonyl (C=O) groups excluding carboxylic acids is 1. The maximum atomic E-state index is 12.8. The van der Waals surface area contributed by atoms with Crippen LogP contribution in [0.5, 0.6) is 0 Å². The van der Waals surface area contributed by atoms with Gasteiger partial charge in [0.2, 0.25) is 11.7 Å². The minimum absolute atomic E-state index is 0.261.